The maximum atomic E-state index is 11.4. The Labute approximate surface area is 109 Å². The first-order valence-electron chi connectivity index (χ1n) is 5.38. The van der Waals surface area contributed by atoms with E-state index < -0.39 is 17.9 Å². The highest BCUT2D eigenvalue weighted by Gasteiger charge is 2.16. The van der Waals surface area contributed by atoms with E-state index in [-0.39, 0.29) is 11.0 Å². The number of hydrogen-bond donors (Lipinski definition) is 1. The van der Waals surface area contributed by atoms with Crippen molar-refractivity contribution in [2.75, 3.05) is 12.0 Å². The molecule has 5 nitrogen and oxygen atoms in total. The molecule has 0 spiro atoms. The van der Waals surface area contributed by atoms with E-state index in [0.717, 1.165) is 6.26 Å². The molecule has 0 aliphatic carbocycles. The Balaban J connectivity index is 3.38. The molecule has 0 aromatic carbocycles. The van der Waals surface area contributed by atoms with E-state index in [1.165, 1.54) is 0 Å². The van der Waals surface area contributed by atoms with Gasteiger partial charge in [0.2, 0.25) is 15.0 Å². The Bertz CT molecular complexity index is 613. The van der Waals surface area contributed by atoms with Crippen molar-refractivity contribution in [2.24, 2.45) is 0 Å². The van der Waals surface area contributed by atoms with Gasteiger partial charge in [-0.25, -0.2) is 18.4 Å². The van der Waals surface area contributed by atoms with Crippen molar-refractivity contribution in [2.45, 2.75) is 31.7 Å². The van der Waals surface area contributed by atoms with Crippen molar-refractivity contribution in [1.82, 2.24) is 9.97 Å². The van der Waals surface area contributed by atoms with E-state index in [1.54, 1.807) is 6.92 Å². The third-order valence-corrected chi connectivity index (χ3v) is 3.71. The first-order chi connectivity index (χ1) is 8.00. The van der Waals surface area contributed by atoms with Crippen LogP contribution >= 0.6 is 0 Å². The third kappa shape index (κ3) is 3.82. The SMILES string of the molecule is Cc1nc(S(C)(=O)=O)nc(N)c1C#C[Si](C)(C)C. The van der Waals surface area contributed by atoms with Gasteiger partial charge in [-0.05, 0) is 6.92 Å². The zero-order chi connectivity index (χ0) is 14.1. The summed E-state index contributed by atoms with van der Waals surface area (Å²) in [4.78, 5) is 7.74. The molecule has 1 aromatic heterocycles. The lowest BCUT2D eigenvalue weighted by Crippen LogP contribution is -2.17. The lowest BCUT2D eigenvalue weighted by molar-refractivity contribution is 0.592. The molecule has 0 saturated carbocycles. The van der Waals surface area contributed by atoms with E-state index in [4.69, 9.17) is 5.73 Å². The summed E-state index contributed by atoms with van der Waals surface area (Å²) < 4.78 is 22.7. The number of aryl methyl sites for hydroxylation is 1. The second-order valence-corrected chi connectivity index (χ2v) is 11.8. The number of hydrogen-bond acceptors (Lipinski definition) is 5. The van der Waals surface area contributed by atoms with Crippen LogP contribution in [0, 0.1) is 18.4 Å². The van der Waals surface area contributed by atoms with Crippen LogP contribution in [0.25, 0.3) is 0 Å². The molecule has 18 heavy (non-hydrogen) atoms. The topological polar surface area (TPSA) is 85.9 Å². The fourth-order valence-electron chi connectivity index (χ4n) is 1.14. The van der Waals surface area contributed by atoms with Gasteiger partial charge in [-0.15, -0.1) is 5.54 Å². The van der Waals surface area contributed by atoms with Crippen molar-refractivity contribution in [3.8, 4) is 11.5 Å². The molecule has 1 rings (SSSR count). The minimum Gasteiger partial charge on any atom is -0.383 e. The Morgan fingerprint density at radius 2 is 1.78 bits per heavy atom. The Morgan fingerprint density at radius 3 is 2.17 bits per heavy atom. The van der Waals surface area contributed by atoms with Crippen LogP contribution in [0.2, 0.25) is 19.6 Å². The number of aromatic nitrogens is 2. The highest BCUT2D eigenvalue weighted by Crippen LogP contribution is 2.14. The third-order valence-electron chi connectivity index (χ3n) is 1.99. The van der Waals surface area contributed by atoms with Gasteiger partial charge in [0.05, 0.1) is 11.3 Å². The van der Waals surface area contributed by atoms with Crippen LogP contribution in [0.4, 0.5) is 5.82 Å². The van der Waals surface area contributed by atoms with E-state index in [2.05, 4.69) is 41.1 Å². The molecule has 2 N–H and O–H groups in total. The summed E-state index contributed by atoms with van der Waals surface area (Å²) in [7, 11) is -4.98. The number of sulfone groups is 1. The van der Waals surface area contributed by atoms with Gasteiger partial charge in [-0.2, -0.15) is 0 Å². The van der Waals surface area contributed by atoms with E-state index in [0.29, 0.717) is 11.3 Å². The average Bonchev–Trinajstić information content (AvgIpc) is 2.12. The van der Waals surface area contributed by atoms with Crippen LogP contribution in [0.5, 0.6) is 0 Å². The average molecular weight is 283 g/mol. The first-order valence-corrected chi connectivity index (χ1v) is 10.8. The molecule has 0 bridgehead atoms. The van der Waals surface area contributed by atoms with Crippen LogP contribution in [0.1, 0.15) is 11.3 Å². The second-order valence-electron chi connectivity index (χ2n) is 5.12. The summed E-state index contributed by atoms with van der Waals surface area (Å²) in [5.74, 6) is 3.09. The predicted molar refractivity (Wildman–Crippen MR) is 74.5 cm³/mol. The van der Waals surface area contributed by atoms with E-state index in [9.17, 15) is 8.42 Å². The molecule has 98 valence electrons. The largest absolute Gasteiger partial charge is 0.383 e. The normalized spacial score (nSPS) is 11.8. The van der Waals surface area contributed by atoms with E-state index >= 15 is 0 Å². The molecule has 1 aromatic rings. The monoisotopic (exact) mass is 283 g/mol. The molecular formula is C11H17N3O2SSi. The van der Waals surface area contributed by atoms with Crippen molar-refractivity contribution >= 4 is 23.7 Å². The number of nitrogens with zero attached hydrogens (tertiary/aromatic N) is 2. The summed E-state index contributed by atoms with van der Waals surface area (Å²) in [6.07, 6.45) is 1.05. The molecule has 0 amide bonds. The standard InChI is InChI=1S/C11H17N3O2SSi/c1-8-9(6-7-18(3,4)5)10(12)14-11(13-8)17(2,15)16/h1-5H3,(H2,12,13,14). The zero-order valence-electron chi connectivity index (χ0n) is 11.2. The molecule has 0 aliphatic rings. The summed E-state index contributed by atoms with van der Waals surface area (Å²) in [5.41, 5.74) is 9.92. The second kappa shape index (κ2) is 4.70. The number of nitrogen functional groups attached to an aromatic ring is 1. The van der Waals surface area contributed by atoms with Gasteiger partial charge < -0.3 is 5.73 Å². The van der Waals surface area contributed by atoms with Crippen LogP contribution < -0.4 is 5.73 Å². The van der Waals surface area contributed by atoms with Gasteiger partial charge in [0, 0.05) is 6.26 Å². The first kappa shape index (κ1) is 14.7. The molecule has 7 heteroatoms. The maximum Gasteiger partial charge on any atom is 0.249 e. The van der Waals surface area contributed by atoms with Gasteiger partial charge in [0.1, 0.15) is 13.9 Å². The maximum absolute atomic E-state index is 11.4. The van der Waals surface area contributed by atoms with Gasteiger partial charge in [0.15, 0.2) is 0 Å². The zero-order valence-corrected chi connectivity index (χ0v) is 13.0. The summed E-state index contributed by atoms with van der Waals surface area (Å²) in [5, 5.41) is -0.254. The van der Waals surface area contributed by atoms with Crippen molar-refractivity contribution < 1.29 is 8.42 Å². The highest BCUT2D eigenvalue weighted by atomic mass is 32.2. The summed E-state index contributed by atoms with van der Waals surface area (Å²) in [6.45, 7) is 8.01. The quantitative estimate of drug-likeness (QED) is 0.472. The molecule has 0 saturated heterocycles. The van der Waals surface area contributed by atoms with Crippen molar-refractivity contribution in [1.29, 1.82) is 0 Å². The van der Waals surface area contributed by atoms with E-state index in [1.807, 2.05) is 0 Å². The summed E-state index contributed by atoms with van der Waals surface area (Å²) in [6, 6.07) is 0. The van der Waals surface area contributed by atoms with Crippen LogP contribution in [-0.2, 0) is 9.84 Å². The predicted octanol–water partition coefficient (Wildman–Crippen LogP) is 1.000. The van der Waals surface area contributed by atoms with Crippen molar-refractivity contribution in [3.05, 3.63) is 11.3 Å². The molecule has 0 radical (unpaired) electrons. The smallest absolute Gasteiger partial charge is 0.249 e. The van der Waals surface area contributed by atoms with Gasteiger partial charge in [0.25, 0.3) is 0 Å². The number of anilines is 1. The molecule has 0 fully saturated rings. The van der Waals surface area contributed by atoms with Crippen LogP contribution in [0.15, 0.2) is 5.16 Å². The number of nitrogens with two attached hydrogens (primary N) is 1. The van der Waals surface area contributed by atoms with Crippen molar-refractivity contribution in [3.63, 3.8) is 0 Å². The lowest BCUT2D eigenvalue weighted by Gasteiger charge is -2.06. The number of rotatable bonds is 1. The Hall–Kier alpha value is -1.39. The minimum absolute atomic E-state index is 0.119. The van der Waals surface area contributed by atoms with Crippen LogP contribution in [0.3, 0.4) is 0 Å². The molecule has 1 heterocycles. The molecule has 0 atom stereocenters. The molecular weight excluding hydrogens is 266 g/mol. The lowest BCUT2D eigenvalue weighted by atomic mass is 10.2. The van der Waals surface area contributed by atoms with Gasteiger partial charge in [-0.3, -0.25) is 0 Å². The Morgan fingerprint density at radius 1 is 1.22 bits per heavy atom. The van der Waals surface area contributed by atoms with Gasteiger partial charge in [-0.1, -0.05) is 25.6 Å². The Kier molecular flexibility index (Phi) is 3.83. The molecule has 0 unspecified atom stereocenters. The molecule has 0 aliphatic heterocycles. The fourth-order valence-corrected chi connectivity index (χ4v) is 2.21. The van der Waals surface area contributed by atoms with Crippen LogP contribution in [-0.4, -0.2) is 32.7 Å². The fraction of sp³-hybridized carbons (Fsp3) is 0.455. The van der Waals surface area contributed by atoms with Gasteiger partial charge >= 0.3 is 0 Å². The highest BCUT2D eigenvalue weighted by molar-refractivity contribution is 7.90. The summed E-state index contributed by atoms with van der Waals surface area (Å²) >= 11 is 0. The minimum atomic E-state index is -3.45.